The number of hydrogen-bond acceptors (Lipinski definition) is 4. The SMILES string of the molecule is Cc1ccc(Cc2cnc(NC(=O)COc3ccc4c(c3)CCCC4)s2)cc1. The van der Waals surface area contributed by atoms with E-state index in [9.17, 15) is 4.79 Å². The largest absolute Gasteiger partial charge is 0.484 e. The van der Waals surface area contributed by atoms with Crippen molar-refractivity contribution < 1.29 is 9.53 Å². The van der Waals surface area contributed by atoms with Crippen LogP contribution >= 0.6 is 11.3 Å². The molecule has 4 rings (SSSR count). The number of carbonyl (C=O) groups is 1. The van der Waals surface area contributed by atoms with Gasteiger partial charge in [-0.2, -0.15) is 0 Å². The van der Waals surface area contributed by atoms with Crippen LogP contribution in [0, 0.1) is 6.92 Å². The molecule has 1 aromatic heterocycles. The summed E-state index contributed by atoms with van der Waals surface area (Å²) in [5, 5.41) is 3.45. The summed E-state index contributed by atoms with van der Waals surface area (Å²) in [6.07, 6.45) is 7.37. The fourth-order valence-electron chi connectivity index (χ4n) is 3.46. The van der Waals surface area contributed by atoms with E-state index in [1.165, 1.54) is 46.4 Å². The first-order valence-corrected chi connectivity index (χ1v) is 10.5. The van der Waals surface area contributed by atoms with Crippen LogP contribution in [0.1, 0.15) is 40.0 Å². The number of carbonyl (C=O) groups excluding carboxylic acids is 1. The van der Waals surface area contributed by atoms with E-state index in [2.05, 4.69) is 53.6 Å². The monoisotopic (exact) mass is 392 g/mol. The first-order valence-electron chi connectivity index (χ1n) is 9.70. The Labute approximate surface area is 169 Å². The molecule has 28 heavy (non-hydrogen) atoms. The van der Waals surface area contributed by atoms with Crippen LogP contribution in [0.4, 0.5) is 5.13 Å². The van der Waals surface area contributed by atoms with Crippen molar-refractivity contribution >= 4 is 22.4 Å². The number of aromatic nitrogens is 1. The molecule has 0 fully saturated rings. The quantitative estimate of drug-likeness (QED) is 0.646. The van der Waals surface area contributed by atoms with E-state index in [-0.39, 0.29) is 12.5 Å². The number of amides is 1. The Morgan fingerprint density at radius 2 is 1.89 bits per heavy atom. The van der Waals surface area contributed by atoms with Gasteiger partial charge in [0.2, 0.25) is 0 Å². The van der Waals surface area contributed by atoms with Gasteiger partial charge in [0.05, 0.1) is 0 Å². The molecule has 1 aliphatic rings. The Morgan fingerprint density at radius 1 is 1.11 bits per heavy atom. The molecule has 1 amide bonds. The summed E-state index contributed by atoms with van der Waals surface area (Å²) in [5.41, 5.74) is 5.25. The van der Waals surface area contributed by atoms with E-state index in [0.717, 1.165) is 29.9 Å². The minimum absolute atomic E-state index is 0.00827. The second kappa shape index (κ2) is 8.57. The molecule has 0 unspecified atom stereocenters. The lowest BCUT2D eigenvalue weighted by Crippen LogP contribution is -2.20. The Balaban J connectivity index is 1.29. The van der Waals surface area contributed by atoms with Gasteiger partial charge in [-0.05, 0) is 61.4 Å². The number of nitrogens with one attached hydrogen (secondary N) is 1. The third-order valence-electron chi connectivity index (χ3n) is 4.99. The summed E-state index contributed by atoms with van der Waals surface area (Å²) < 4.78 is 5.68. The lowest BCUT2D eigenvalue weighted by atomic mass is 9.92. The lowest BCUT2D eigenvalue weighted by molar-refractivity contribution is -0.118. The summed E-state index contributed by atoms with van der Waals surface area (Å²) in [7, 11) is 0. The summed E-state index contributed by atoms with van der Waals surface area (Å²) in [5.74, 6) is 0.573. The first kappa shape index (κ1) is 18.7. The van der Waals surface area contributed by atoms with Gasteiger partial charge in [-0.1, -0.05) is 35.9 Å². The average Bonchev–Trinajstić information content (AvgIpc) is 3.14. The topological polar surface area (TPSA) is 51.2 Å². The van der Waals surface area contributed by atoms with Crippen LogP contribution in [-0.2, 0) is 24.1 Å². The van der Waals surface area contributed by atoms with Crippen molar-refractivity contribution in [3.63, 3.8) is 0 Å². The molecule has 1 heterocycles. The molecule has 0 bridgehead atoms. The molecule has 0 atom stereocenters. The Morgan fingerprint density at radius 3 is 2.71 bits per heavy atom. The fraction of sp³-hybridized carbons (Fsp3) is 0.304. The van der Waals surface area contributed by atoms with Crippen molar-refractivity contribution in [2.24, 2.45) is 0 Å². The van der Waals surface area contributed by atoms with E-state index in [1.807, 2.05) is 12.3 Å². The molecule has 0 spiro atoms. The van der Waals surface area contributed by atoms with E-state index in [0.29, 0.717) is 5.13 Å². The molecule has 0 saturated carbocycles. The summed E-state index contributed by atoms with van der Waals surface area (Å²) in [4.78, 5) is 17.6. The second-order valence-electron chi connectivity index (χ2n) is 7.27. The predicted molar refractivity (Wildman–Crippen MR) is 113 cm³/mol. The van der Waals surface area contributed by atoms with Gasteiger partial charge in [0, 0.05) is 17.5 Å². The maximum Gasteiger partial charge on any atom is 0.264 e. The van der Waals surface area contributed by atoms with Gasteiger partial charge in [-0.25, -0.2) is 4.98 Å². The highest BCUT2D eigenvalue weighted by Gasteiger charge is 2.12. The maximum atomic E-state index is 12.2. The number of ether oxygens (including phenoxy) is 1. The number of rotatable bonds is 6. The van der Waals surface area contributed by atoms with Gasteiger partial charge in [0.25, 0.3) is 5.91 Å². The van der Waals surface area contributed by atoms with Gasteiger partial charge < -0.3 is 4.74 Å². The van der Waals surface area contributed by atoms with E-state index in [4.69, 9.17) is 4.74 Å². The molecular weight excluding hydrogens is 368 g/mol. The van der Waals surface area contributed by atoms with E-state index >= 15 is 0 Å². The molecule has 0 radical (unpaired) electrons. The number of hydrogen-bond donors (Lipinski definition) is 1. The number of aryl methyl sites for hydroxylation is 3. The van der Waals surface area contributed by atoms with Crippen molar-refractivity contribution in [2.75, 3.05) is 11.9 Å². The van der Waals surface area contributed by atoms with Gasteiger partial charge in [0.15, 0.2) is 11.7 Å². The third-order valence-corrected chi connectivity index (χ3v) is 5.90. The zero-order valence-corrected chi connectivity index (χ0v) is 16.8. The number of thiazole rings is 1. The minimum Gasteiger partial charge on any atom is -0.484 e. The minimum atomic E-state index is -0.186. The zero-order valence-electron chi connectivity index (χ0n) is 16.0. The number of anilines is 1. The lowest BCUT2D eigenvalue weighted by Gasteiger charge is -2.16. The highest BCUT2D eigenvalue weighted by atomic mass is 32.1. The molecule has 0 aliphatic heterocycles. The molecule has 2 aromatic carbocycles. The average molecular weight is 393 g/mol. The van der Waals surface area contributed by atoms with Crippen LogP contribution in [0.2, 0.25) is 0 Å². The van der Waals surface area contributed by atoms with Crippen molar-refractivity contribution in [1.82, 2.24) is 4.98 Å². The van der Waals surface area contributed by atoms with Crippen LogP contribution in [0.15, 0.2) is 48.7 Å². The third kappa shape index (κ3) is 4.78. The van der Waals surface area contributed by atoms with Gasteiger partial charge in [-0.15, -0.1) is 11.3 Å². The van der Waals surface area contributed by atoms with Crippen LogP contribution in [0.25, 0.3) is 0 Å². The number of benzene rings is 2. The standard InChI is InChI=1S/C23H24N2O2S/c1-16-6-8-17(9-7-16)12-21-14-24-23(28-21)25-22(26)15-27-20-11-10-18-4-2-3-5-19(18)13-20/h6-11,13-14H,2-5,12,15H2,1H3,(H,24,25,26). The Kier molecular flexibility index (Phi) is 5.72. The maximum absolute atomic E-state index is 12.2. The number of fused-ring (bicyclic) bond motifs is 1. The molecule has 4 nitrogen and oxygen atoms in total. The van der Waals surface area contributed by atoms with Crippen LogP contribution in [0.3, 0.4) is 0 Å². The van der Waals surface area contributed by atoms with Crippen molar-refractivity contribution in [3.05, 3.63) is 75.8 Å². The molecule has 144 valence electrons. The molecule has 1 aliphatic carbocycles. The fourth-order valence-corrected chi connectivity index (χ4v) is 4.32. The second-order valence-corrected chi connectivity index (χ2v) is 8.38. The van der Waals surface area contributed by atoms with Crippen LogP contribution in [-0.4, -0.2) is 17.5 Å². The van der Waals surface area contributed by atoms with Crippen LogP contribution < -0.4 is 10.1 Å². The molecule has 3 aromatic rings. The molecular formula is C23H24N2O2S. The Hall–Kier alpha value is -2.66. The first-order chi connectivity index (χ1) is 13.7. The van der Waals surface area contributed by atoms with Crippen LogP contribution in [0.5, 0.6) is 5.75 Å². The van der Waals surface area contributed by atoms with Gasteiger partial charge in [-0.3, -0.25) is 10.1 Å². The van der Waals surface area contributed by atoms with Crippen molar-refractivity contribution in [3.8, 4) is 5.75 Å². The highest BCUT2D eigenvalue weighted by molar-refractivity contribution is 7.15. The van der Waals surface area contributed by atoms with E-state index < -0.39 is 0 Å². The molecule has 0 saturated heterocycles. The summed E-state index contributed by atoms with van der Waals surface area (Å²) in [6.45, 7) is 2.07. The molecule has 1 N–H and O–H groups in total. The Bertz CT molecular complexity index is 963. The number of nitrogens with zero attached hydrogens (tertiary/aromatic N) is 1. The highest BCUT2D eigenvalue weighted by Crippen LogP contribution is 2.25. The van der Waals surface area contributed by atoms with Crippen molar-refractivity contribution in [2.45, 2.75) is 39.0 Å². The van der Waals surface area contributed by atoms with Gasteiger partial charge in [0.1, 0.15) is 5.75 Å². The zero-order chi connectivity index (χ0) is 19.3. The van der Waals surface area contributed by atoms with E-state index in [1.54, 1.807) is 0 Å². The predicted octanol–water partition coefficient (Wildman–Crippen LogP) is 4.94. The summed E-state index contributed by atoms with van der Waals surface area (Å²) >= 11 is 1.50. The normalized spacial score (nSPS) is 13.0. The smallest absolute Gasteiger partial charge is 0.264 e. The van der Waals surface area contributed by atoms with Crippen molar-refractivity contribution in [1.29, 1.82) is 0 Å². The molecule has 5 heteroatoms. The summed E-state index contributed by atoms with van der Waals surface area (Å²) in [6, 6.07) is 14.6. The van der Waals surface area contributed by atoms with Gasteiger partial charge >= 0.3 is 0 Å².